The highest BCUT2D eigenvalue weighted by molar-refractivity contribution is 5.81. The van der Waals surface area contributed by atoms with Crippen LogP contribution in [0.4, 0.5) is 18.9 Å². The van der Waals surface area contributed by atoms with Crippen molar-refractivity contribution in [3.05, 3.63) is 65.5 Å². The minimum Gasteiger partial charge on any atom is -0.363 e. The van der Waals surface area contributed by atoms with Gasteiger partial charge in [0, 0.05) is 62.0 Å². The van der Waals surface area contributed by atoms with Crippen LogP contribution in [0, 0.1) is 23.4 Å². The topological polar surface area (TPSA) is 26.8 Å². The number of halogens is 3. The van der Waals surface area contributed by atoms with Crippen LogP contribution in [0.15, 0.2) is 42.5 Å². The molecule has 4 atom stereocenters. The average molecular weight is 500 g/mol. The molecule has 0 radical (unpaired) electrons. The highest BCUT2D eigenvalue weighted by atomic mass is 19.1. The molecule has 2 saturated heterocycles. The van der Waals surface area contributed by atoms with Gasteiger partial charge in [0.15, 0.2) is 0 Å². The molecule has 3 fully saturated rings. The Labute approximate surface area is 212 Å². The van der Waals surface area contributed by atoms with Gasteiger partial charge >= 0.3 is 0 Å². The zero-order valence-corrected chi connectivity index (χ0v) is 21.2. The van der Waals surface area contributed by atoms with Crippen LogP contribution in [-0.2, 0) is 4.79 Å². The van der Waals surface area contributed by atoms with Gasteiger partial charge in [-0.1, -0.05) is 25.3 Å². The van der Waals surface area contributed by atoms with E-state index in [-0.39, 0.29) is 35.6 Å². The van der Waals surface area contributed by atoms with Crippen LogP contribution in [0.5, 0.6) is 0 Å². The van der Waals surface area contributed by atoms with Crippen molar-refractivity contribution in [3.63, 3.8) is 0 Å². The van der Waals surface area contributed by atoms with Crippen molar-refractivity contribution < 1.29 is 18.0 Å². The van der Waals surface area contributed by atoms with Crippen molar-refractivity contribution in [1.29, 1.82) is 0 Å². The van der Waals surface area contributed by atoms with Gasteiger partial charge in [0.2, 0.25) is 5.91 Å². The Morgan fingerprint density at radius 3 is 2.08 bits per heavy atom. The summed E-state index contributed by atoms with van der Waals surface area (Å²) in [5.41, 5.74) is 1.39. The molecule has 4 nitrogen and oxygen atoms in total. The molecule has 1 amide bonds. The van der Waals surface area contributed by atoms with Gasteiger partial charge in [-0.15, -0.1) is 0 Å². The van der Waals surface area contributed by atoms with Gasteiger partial charge in [-0.05, 0) is 62.6 Å². The van der Waals surface area contributed by atoms with Gasteiger partial charge < -0.3 is 9.80 Å². The summed E-state index contributed by atoms with van der Waals surface area (Å²) >= 11 is 0. The molecule has 36 heavy (non-hydrogen) atoms. The molecule has 0 spiro atoms. The molecule has 2 unspecified atom stereocenters. The van der Waals surface area contributed by atoms with E-state index < -0.39 is 11.6 Å². The number of hydrogen-bond acceptors (Lipinski definition) is 3. The molecule has 1 aliphatic carbocycles. The lowest BCUT2D eigenvalue weighted by atomic mass is 9.87. The number of benzene rings is 2. The number of nitrogens with zero attached hydrogens (tertiary/aromatic N) is 3. The number of anilines is 1. The number of likely N-dealkylation sites (tertiary alicyclic amines) is 1. The summed E-state index contributed by atoms with van der Waals surface area (Å²) in [5.74, 6) is -2.02. The van der Waals surface area contributed by atoms with Crippen molar-refractivity contribution in [2.24, 2.45) is 5.92 Å². The normalized spacial score (nSPS) is 28.0. The van der Waals surface area contributed by atoms with Crippen molar-refractivity contribution in [2.45, 2.75) is 70.0 Å². The fraction of sp³-hybridized carbons (Fsp3) is 0.552. The van der Waals surface area contributed by atoms with Gasteiger partial charge in [-0.2, -0.15) is 0 Å². The van der Waals surface area contributed by atoms with Crippen LogP contribution in [0.1, 0.15) is 57.4 Å². The molecule has 2 aromatic carbocycles. The minimum atomic E-state index is -0.596. The predicted octanol–water partition coefficient (Wildman–Crippen LogP) is 5.58. The average Bonchev–Trinajstić information content (AvgIpc) is 3.30. The Balaban J connectivity index is 1.37. The van der Waals surface area contributed by atoms with Crippen LogP contribution < -0.4 is 4.90 Å². The summed E-state index contributed by atoms with van der Waals surface area (Å²) in [6, 6.07) is 10.8. The molecule has 7 heteroatoms. The number of carbonyl (C=O) groups is 1. The number of piperazine rings is 1. The number of hydrogen-bond donors (Lipinski definition) is 0. The molecular weight excluding hydrogens is 463 g/mol. The van der Waals surface area contributed by atoms with E-state index in [0.717, 1.165) is 24.6 Å². The highest BCUT2D eigenvalue weighted by Crippen LogP contribution is 2.39. The molecule has 2 heterocycles. The summed E-state index contributed by atoms with van der Waals surface area (Å²) in [4.78, 5) is 20.6. The van der Waals surface area contributed by atoms with E-state index in [2.05, 4.69) is 23.6 Å². The first-order chi connectivity index (χ1) is 17.3. The lowest BCUT2D eigenvalue weighted by Gasteiger charge is -2.46. The lowest BCUT2D eigenvalue weighted by molar-refractivity contribution is -0.137. The molecule has 0 aromatic heterocycles. The second-order valence-electron chi connectivity index (χ2n) is 10.9. The van der Waals surface area contributed by atoms with Crippen molar-refractivity contribution in [3.8, 4) is 0 Å². The summed E-state index contributed by atoms with van der Waals surface area (Å²) in [7, 11) is 0. The summed E-state index contributed by atoms with van der Waals surface area (Å²) < 4.78 is 42.1. The quantitative estimate of drug-likeness (QED) is 0.550. The van der Waals surface area contributed by atoms with Crippen LogP contribution in [0.25, 0.3) is 0 Å². The maximum atomic E-state index is 14.9. The van der Waals surface area contributed by atoms with E-state index in [4.69, 9.17) is 0 Å². The van der Waals surface area contributed by atoms with Crippen molar-refractivity contribution in [2.75, 3.05) is 31.1 Å². The Kier molecular flexibility index (Phi) is 7.29. The summed E-state index contributed by atoms with van der Waals surface area (Å²) in [6.45, 7) is 6.52. The highest BCUT2D eigenvalue weighted by Gasteiger charge is 2.45. The van der Waals surface area contributed by atoms with Crippen molar-refractivity contribution in [1.82, 2.24) is 9.80 Å². The first-order valence-corrected chi connectivity index (χ1v) is 13.3. The number of rotatable bonds is 4. The van der Waals surface area contributed by atoms with E-state index >= 15 is 0 Å². The first-order valence-electron chi connectivity index (χ1n) is 13.3. The molecular formula is C29H36F3N3O. The maximum absolute atomic E-state index is 14.9. The molecule has 5 rings (SSSR count). The van der Waals surface area contributed by atoms with Gasteiger partial charge in [0.25, 0.3) is 0 Å². The van der Waals surface area contributed by atoms with Crippen LogP contribution in [0.2, 0.25) is 0 Å². The molecule has 1 saturated carbocycles. The largest absolute Gasteiger partial charge is 0.363 e. The standard InChI is InChI=1S/C29H36F3N3O/c1-19-15-34(16-20(2)35(19)24-11-8-21(30)9-12-24)29(36)27-18-33(23-6-4-3-5-7-23)17-26(27)25-13-10-22(31)14-28(25)32/h8-14,19-20,23,26-27H,3-7,15-18H2,1-2H3/t19-,20+,26?,27?. The SMILES string of the molecule is C[C@@H]1CN(C(=O)C2CN(C3CCCCC3)CC2c2ccc(F)cc2F)C[C@H](C)N1c1ccc(F)cc1. The van der Waals surface area contributed by atoms with E-state index in [0.29, 0.717) is 37.8 Å². The minimum absolute atomic E-state index is 0.0551. The van der Waals surface area contributed by atoms with Crippen LogP contribution >= 0.6 is 0 Å². The van der Waals surface area contributed by atoms with Gasteiger partial charge in [0.1, 0.15) is 17.5 Å². The lowest BCUT2D eigenvalue weighted by Crippen LogP contribution is -2.59. The Morgan fingerprint density at radius 2 is 1.44 bits per heavy atom. The van der Waals surface area contributed by atoms with Gasteiger partial charge in [-0.3, -0.25) is 9.69 Å². The molecule has 2 aliphatic heterocycles. The Hall–Kier alpha value is -2.54. The van der Waals surface area contributed by atoms with Gasteiger partial charge in [0.05, 0.1) is 5.92 Å². The van der Waals surface area contributed by atoms with Gasteiger partial charge in [-0.25, -0.2) is 13.2 Å². The zero-order chi connectivity index (χ0) is 25.4. The first kappa shape index (κ1) is 25.1. The molecule has 0 N–H and O–H groups in total. The fourth-order valence-corrected chi connectivity index (χ4v) is 6.81. The van der Waals surface area contributed by atoms with E-state index in [1.807, 2.05) is 4.90 Å². The third-order valence-corrected chi connectivity index (χ3v) is 8.47. The zero-order valence-electron chi connectivity index (χ0n) is 21.2. The second kappa shape index (κ2) is 10.4. The van der Waals surface area contributed by atoms with E-state index in [1.165, 1.54) is 43.5 Å². The van der Waals surface area contributed by atoms with Crippen LogP contribution in [0.3, 0.4) is 0 Å². The third kappa shape index (κ3) is 4.99. The summed E-state index contributed by atoms with van der Waals surface area (Å²) in [5, 5.41) is 0. The van der Waals surface area contributed by atoms with E-state index in [9.17, 15) is 18.0 Å². The predicted molar refractivity (Wildman–Crippen MR) is 135 cm³/mol. The Bertz CT molecular complexity index is 1060. The summed E-state index contributed by atoms with van der Waals surface area (Å²) in [6.07, 6.45) is 5.86. The molecule has 3 aliphatic rings. The molecule has 2 aromatic rings. The van der Waals surface area contributed by atoms with E-state index in [1.54, 1.807) is 12.1 Å². The number of carbonyl (C=O) groups excluding carboxylic acids is 1. The molecule has 194 valence electrons. The smallest absolute Gasteiger partial charge is 0.227 e. The second-order valence-corrected chi connectivity index (χ2v) is 10.9. The maximum Gasteiger partial charge on any atom is 0.227 e. The third-order valence-electron chi connectivity index (χ3n) is 8.47. The molecule has 0 bridgehead atoms. The monoisotopic (exact) mass is 499 g/mol. The Morgan fingerprint density at radius 1 is 0.806 bits per heavy atom. The van der Waals surface area contributed by atoms with Crippen LogP contribution in [-0.4, -0.2) is 60.0 Å². The number of amides is 1. The fourth-order valence-electron chi connectivity index (χ4n) is 6.81. The van der Waals surface area contributed by atoms with Crippen molar-refractivity contribution >= 4 is 11.6 Å².